The van der Waals surface area contributed by atoms with Gasteiger partial charge in [0.15, 0.2) is 0 Å². The standard InChI is InChI=1S/C14H8N4O2S.ClH/c19-12-11-9(17-14(20)18-12)10-13(21-11)16-8(6-15-10)7-4-2-1-3-5-7;/h1-6H,(H2,17,18,19,20);1H. The molecule has 22 heavy (non-hydrogen) atoms. The van der Waals surface area contributed by atoms with Crippen LogP contribution >= 0.6 is 23.7 Å². The fourth-order valence-electron chi connectivity index (χ4n) is 2.20. The summed E-state index contributed by atoms with van der Waals surface area (Å²) in [6, 6.07) is 9.66. The van der Waals surface area contributed by atoms with Crippen molar-refractivity contribution < 1.29 is 0 Å². The molecular weight excluding hydrogens is 324 g/mol. The van der Waals surface area contributed by atoms with E-state index in [2.05, 4.69) is 19.9 Å². The first-order valence-corrected chi connectivity index (χ1v) is 7.01. The van der Waals surface area contributed by atoms with E-state index in [1.54, 1.807) is 6.20 Å². The number of aromatic amines is 2. The quantitative estimate of drug-likeness (QED) is 0.559. The summed E-state index contributed by atoms with van der Waals surface area (Å²) in [5, 5.41) is 0. The van der Waals surface area contributed by atoms with E-state index < -0.39 is 11.2 Å². The van der Waals surface area contributed by atoms with Crippen LogP contribution in [-0.4, -0.2) is 19.9 Å². The predicted molar refractivity (Wildman–Crippen MR) is 88.8 cm³/mol. The second kappa shape index (κ2) is 5.36. The van der Waals surface area contributed by atoms with Crippen LogP contribution in [0, 0.1) is 0 Å². The van der Waals surface area contributed by atoms with Gasteiger partial charge in [0, 0.05) is 5.56 Å². The third kappa shape index (κ3) is 2.20. The normalized spacial score (nSPS) is 10.7. The third-order valence-corrected chi connectivity index (χ3v) is 4.22. The molecule has 0 aliphatic heterocycles. The number of hydrogen-bond acceptors (Lipinski definition) is 5. The van der Waals surface area contributed by atoms with Gasteiger partial charge in [0.05, 0.1) is 17.4 Å². The molecule has 4 rings (SSSR count). The Kier molecular flexibility index (Phi) is 3.51. The molecule has 0 aliphatic carbocycles. The first kappa shape index (κ1) is 14.4. The van der Waals surface area contributed by atoms with Gasteiger partial charge in [-0.2, -0.15) is 0 Å². The second-order valence-electron chi connectivity index (χ2n) is 4.49. The van der Waals surface area contributed by atoms with E-state index in [-0.39, 0.29) is 12.4 Å². The zero-order chi connectivity index (χ0) is 14.4. The van der Waals surface area contributed by atoms with Crippen molar-refractivity contribution >= 4 is 44.3 Å². The summed E-state index contributed by atoms with van der Waals surface area (Å²) in [6.07, 6.45) is 1.64. The maximum absolute atomic E-state index is 11.8. The van der Waals surface area contributed by atoms with Gasteiger partial charge in [0.1, 0.15) is 15.0 Å². The first-order chi connectivity index (χ1) is 10.2. The zero-order valence-electron chi connectivity index (χ0n) is 11.0. The minimum Gasteiger partial charge on any atom is -0.304 e. The number of nitrogens with one attached hydrogen (secondary N) is 2. The van der Waals surface area contributed by atoms with Gasteiger partial charge < -0.3 is 4.98 Å². The molecule has 110 valence electrons. The van der Waals surface area contributed by atoms with Crippen molar-refractivity contribution in [2.75, 3.05) is 0 Å². The van der Waals surface area contributed by atoms with Crippen LogP contribution in [0.2, 0.25) is 0 Å². The first-order valence-electron chi connectivity index (χ1n) is 6.19. The maximum atomic E-state index is 11.8. The van der Waals surface area contributed by atoms with Crippen molar-refractivity contribution in [3.05, 3.63) is 57.4 Å². The summed E-state index contributed by atoms with van der Waals surface area (Å²) in [5.74, 6) is 0. The SMILES string of the molecule is Cl.O=c1[nH]c(=O)c2sc3nc(-c4ccccc4)cnc3c2[nH]1. The Labute approximate surface area is 133 Å². The lowest BCUT2D eigenvalue weighted by Gasteiger charge is -1.99. The summed E-state index contributed by atoms with van der Waals surface area (Å²) in [6.45, 7) is 0. The smallest absolute Gasteiger partial charge is 0.304 e. The highest BCUT2D eigenvalue weighted by molar-refractivity contribution is 7.25. The summed E-state index contributed by atoms with van der Waals surface area (Å²) in [4.78, 5) is 37.5. The average Bonchev–Trinajstić information content (AvgIpc) is 2.86. The minimum atomic E-state index is -0.541. The number of thiophene rings is 1. The number of rotatable bonds is 1. The predicted octanol–water partition coefficient (Wildman–Crippen LogP) is 2.31. The van der Waals surface area contributed by atoms with Gasteiger partial charge in [0.2, 0.25) is 0 Å². The molecule has 0 bridgehead atoms. The Morgan fingerprint density at radius 2 is 1.82 bits per heavy atom. The molecule has 0 saturated heterocycles. The molecule has 0 unspecified atom stereocenters. The van der Waals surface area contributed by atoms with Crippen molar-refractivity contribution in [1.29, 1.82) is 0 Å². The van der Waals surface area contributed by atoms with Crippen LogP contribution in [0.25, 0.3) is 31.8 Å². The molecule has 6 nitrogen and oxygen atoms in total. The lowest BCUT2D eigenvalue weighted by molar-refractivity contribution is 1.09. The molecule has 0 saturated carbocycles. The fraction of sp³-hybridized carbons (Fsp3) is 0. The van der Waals surface area contributed by atoms with E-state index in [9.17, 15) is 9.59 Å². The van der Waals surface area contributed by atoms with E-state index in [0.29, 0.717) is 20.6 Å². The van der Waals surface area contributed by atoms with Crippen molar-refractivity contribution in [2.24, 2.45) is 0 Å². The average molecular weight is 333 g/mol. The Morgan fingerprint density at radius 1 is 1.05 bits per heavy atom. The maximum Gasteiger partial charge on any atom is 0.326 e. The van der Waals surface area contributed by atoms with Crippen LogP contribution in [0.4, 0.5) is 0 Å². The highest BCUT2D eigenvalue weighted by atomic mass is 35.5. The monoisotopic (exact) mass is 332 g/mol. The van der Waals surface area contributed by atoms with Crippen LogP contribution in [-0.2, 0) is 0 Å². The number of halogens is 1. The molecule has 0 amide bonds. The molecule has 0 spiro atoms. The summed E-state index contributed by atoms with van der Waals surface area (Å²) < 4.78 is 0.426. The zero-order valence-corrected chi connectivity index (χ0v) is 12.6. The molecule has 0 aliphatic rings. The second-order valence-corrected chi connectivity index (χ2v) is 5.49. The molecule has 3 aromatic heterocycles. The van der Waals surface area contributed by atoms with Gasteiger partial charge in [-0.25, -0.2) is 14.8 Å². The van der Waals surface area contributed by atoms with Crippen LogP contribution < -0.4 is 11.2 Å². The molecule has 3 heterocycles. The Hall–Kier alpha value is -2.51. The molecule has 0 atom stereocenters. The van der Waals surface area contributed by atoms with E-state index >= 15 is 0 Å². The molecule has 0 radical (unpaired) electrons. The van der Waals surface area contributed by atoms with Gasteiger partial charge in [0.25, 0.3) is 5.56 Å². The van der Waals surface area contributed by atoms with Crippen molar-refractivity contribution in [2.45, 2.75) is 0 Å². The topological polar surface area (TPSA) is 91.5 Å². The highest BCUT2D eigenvalue weighted by Crippen LogP contribution is 2.28. The van der Waals surface area contributed by atoms with E-state index in [1.165, 1.54) is 11.3 Å². The van der Waals surface area contributed by atoms with E-state index in [0.717, 1.165) is 11.3 Å². The summed E-state index contributed by atoms with van der Waals surface area (Å²) in [7, 11) is 0. The van der Waals surface area contributed by atoms with Gasteiger partial charge in [-0.15, -0.1) is 23.7 Å². The van der Waals surface area contributed by atoms with E-state index in [4.69, 9.17) is 0 Å². The van der Waals surface area contributed by atoms with Crippen LogP contribution in [0.3, 0.4) is 0 Å². The van der Waals surface area contributed by atoms with Crippen LogP contribution in [0.1, 0.15) is 0 Å². The summed E-state index contributed by atoms with van der Waals surface area (Å²) >= 11 is 1.22. The third-order valence-electron chi connectivity index (χ3n) is 3.14. The molecule has 2 N–H and O–H groups in total. The largest absolute Gasteiger partial charge is 0.326 e. The van der Waals surface area contributed by atoms with Crippen molar-refractivity contribution in [3.8, 4) is 11.3 Å². The lowest BCUT2D eigenvalue weighted by Crippen LogP contribution is -2.20. The molecule has 0 fully saturated rings. The van der Waals surface area contributed by atoms with E-state index in [1.807, 2.05) is 30.3 Å². The Bertz CT molecular complexity index is 1080. The molecule has 4 aromatic rings. The minimum absolute atomic E-state index is 0. The summed E-state index contributed by atoms with van der Waals surface area (Å²) in [5.41, 5.74) is 1.70. The van der Waals surface area contributed by atoms with Gasteiger partial charge in [-0.3, -0.25) is 9.78 Å². The van der Waals surface area contributed by atoms with Crippen molar-refractivity contribution in [1.82, 2.24) is 19.9 Å². The van der Waals surface area contributed by atoms with Gasteiger partial charge in [-0.1, -0.05) is 30.3 Å². The number of aromatic nitrogens is 4. The van der Waals surface area contributed by atoms with Crippen LogP contribution in [0.5, 0.6) is 0 Å². The number of nitrogens with zero attached hydrogens (tertiary/aromatic N) is 2. The molecular formula is C14H9ClN4O2S. The van der Waals surface area contributed by atoms with Crippen LogP contribution in [0.15, 0.2) is 46.1 Å². The van der Waals surface area contributed by atoms with Crippen molar-refractivity contribution in [3.63, 3.8) is 0 Å². The van der Waals surface area contributed by atoms with Gasteiger partial charge >= 0.3 is 5.69 Å². The van der Waals surface area contributed by atoms with Gasteiger partial charge in [-0.05, 0) is 0 Å². The Balaban J connectivity index is 0.00000144. The fourth-order valence-corrected chi connectivity index (χ4v) is 3.18. The molecule has 8 heteroatoms. The Morgan fingerprint density at radius 3 is 2.59 bits per heavy atom. The number of benzene rings is 1. The number of H-pyrrole nitrogens is 2. The molecule has 1 aromatic carbocycles. The highest BCUT2D eigenvalue weighted by Gasteiger charge is 2.12. The lowest BCUT2D eigenvalue weighted by atomic mass is 10.2. The number of hydrogen-bond donors (Lipinski definition) is 2. The number of fused-ring (bicyclic) bond motifs is 3.